The number of hydrogen-bond donors (Lipinski definition) is 0. The van der Waals surface area contributed by atoms with Crippen molar-refractivity contribution in [3.63, 3.8) is 0 Å². The van der Waals surface area contributed by atoms with Crippen LogP contribution in [0.5, 0.6) is 0 Å². The zero-order valence-corrected chi connectivity index (χ0v) is 9.73. The quantitative estimate of drug-likeness (QED) is 0.745. The van der Waals surface area contributed by atoms with Crippen molar-refractivity contribution >= 4 is 0 Å². The maximum atomic E-state index is 9.29. The summed E-state index contributed by atoms with van der Waals surface area (Å²) in [6, 6.07) is 12.9. The molecule has 0 spiro atoms. The maximum absolute atomic E-state index is 9.29. The van der Waals surface area contributed by atoms with Crippen LogP contribution in [0.1, 0.15) is 37.7 Å². The van der Waals surface area contributed by atoms with E-state index in [-0.39, 0.29) is 5.92 Å². The van der Waals surface area contributed by atoms with E-state index in [0.717, 1.165) is 6.42 Å². The lowest BCUT2D eigenvalue weighted by Crippen LogP contribution is -2.18. The van der Waals surface area contributed by atoms with E-state index in [0.29, 0.717) is 5.92 Å². The summed E-state index contributed by atoms with van der Waals surface area (Å²) in [6.07, 6.45) is 7.44. The van der Waals surface area contributed by atoms with Gasteiger partial charge >= 0.3 is 0 Å². The van der Waals surface area contributed by atoms with Crippen LogP contribution in [0.15, 0.2) is 30.3 Å². The summed E-state index contributed by atoms with van der Waals surface area (Å²) in [5, 5.41) is 9.29. The summed E-state index contributed by atoms with van der Waals surface area (Å²) >= 11 is 0. The van der Waals surface area contributed by atoms with Gasteiger partial charge in [0.25, 0.3) is 0 Å². The highest BCUT2D eigenvalue weighted by molar-refractivity contribution is 5.16. The predicted octanol–water partition coefficient (Wildman–Crippen LogP) is 3.95. The van der Waals surface area contributed by atoms with Crippen molar-refractivity contribution in [2.45, 2.75) is 38.5 Å². The maximum Gasteiger partial charge on any atom is 0.0662 e. The van der Waals surface area contributed by atoms with Crippen molar-refractivity contribution in [3.05, 3.63) is 35.9 Å². The van der Waals surface area contributed by atoms with E-state index in [1.54, 1.807) is 0 Å². The van der Waals surface area contributed by atoms with Gasteiger partial charge in [-0.25, -0.2) is 0 Å². The van der Waals surface area contributed by atoms with Gasteiger partial charge in [-0.15, -0.1) is 0 Å². The zero-order chi connectivity index (χ0) is 11.2. The lowest BCUT2D eigenvalue weighted by molar-refractivity contribution is 0.290. The molecule has 1 aromatic rings. The molecule has 0 amide bonds. The van der Waals surface area contributed by atoms with Gasteiger partial charge < -0.3 is 0 Å². The highest BCUT2D eigenvalue weighted by Gasteiger charge is 2.23. The van der Waals surface area contributed by atoms with Crippen LogP contribution in [0, 0.1) is 23.2 Å². The minimum Gasteiger partial charge on any atom is -0.198 e. The number of rotatable bonds is 3. The average molecular weight is 213 g/mol. The van der Waals surface area contributed by atoms with Gasteiger partial charge in [-0.2, -0.15) is 5.26 Å². The highest BCUT2D eigenvalue weighted by Crippen LogP contribution is 2.31. The van der Waals surface area contributed by atoms with E-state index in [2.05, 4.69) is 30.3 Å². The third-order valence-electron chi connectivity index (χ3n) is 3.68. The normalized spacial score (nSPS) is 18.9. The summed E-state index contributed by atoms with van der Waals surface area (Å²) in [4.78, 5) is 0. The van der Waals surface area contributed by atoms with Gasteiger partial charge in [0.2, 0.25) is 0 Å². The number of benzene rings is 1. The number of nitriles is 1. The standard InChI is InChI=1S/C15H19N/c16-12-15(14-9-5-2-6-10-14)11-13-7-3-1-4-8-13/h1,3-4,7-8,14-15H,2,5-6,9-11H2. The van der Waals surface area contributed by atoms with Crippen molar-refractivity contribution in [1.29, 1.82) is 5.26 Å². The van der Waals surface area contributed by atoms with Gasteiger partial charge in [-0.1, -0.05) is 49.6 Å². The Bertz CT molecular complexity index is 343. The Morgan fingerprint density at radius 1 is 1.12 bits per heavy atom. The van der Waals surface area contributed by atoms with Crippen LogP contribution in [0.2, 0.25) is 0 Å². The van der Waals surface area contributed by atoms with Crippen molar-refractivity contribution in [1.82, 2.24) is 0 Å². The van der Waals surface area contributed by atoms with Gasteiger partial charge in [0.1, 0.15) is 0 Å². The molecule has 1 saturated carbocycles. The van der Waals surface area contributed by atoms with Crippen LogP contribution in [0.3, 0.4) is 0 Å². The lowest BCUT2D eigenvalue weighted by atomic mass is 9.78. The monoisotopic (exact) mass is 213 g/mol. The molecule has 1 nitrogen and oxygen atoms in total. The molecule has 0 aromatic heterocycles. The highest BCUT2D eigenvalue weighted by atomic mass is 14.3. The molecule has 1 aliphatic rings. The molecule has 2 rings (SSSR count). The fourth-order valence-corrected chi connectivity index (χ4v) is 2.72. The Morgan fingerprint density at radius 2 is 1.81 bits per heavy atom. The molecular formula is C15H19N. The average Bonchev–Trinajstić information content (AvgIpc) is 2.38. The fraction of sp³-hybridized carbons (Fsp3) is 0.533. The van der Waals surface area contributed by atoms with Gasteiger partial charge in [-0.05, 0) is 30.7 Å². The Labute approximate surface area is 98.1 Å². The first-order chi connectivity index (χ1) is 7.90. The number of nitrogens with zero attached hydrogens (tertiary/aromatic N) is 1. The van der Waals surface area contributed by atoms with Gasteiger partial charge in [0.15, 0.2) is 0 Å². The van der Waals surface area contributed by atoms with Gasteiger partial charge in [-0.3, -0.25) is 0 Å². The van der Waals surface area contributed by atoms with E-state index >= 15 is 0 Å². The third kappa shape index (κ3) is 2.85. The second-order valence-electron chi connectivity index (χ2n) is 4.82. The van der Waals surface area contributed by atoms with Crippen LogP contribution in [0.4, 0.5) is 0 Å². The summed E-state index contributed by atoms with van der Waals surface area (Å²) in [5.41, 5.74) is 1.31. The summed E-state index contributed by atoms with van der Waals surface area (Å²) < 4.78 is 0. The molecule has 0 bridgehead atoms. The largest absolute Gasteiger partial charge is 0.198 e. The van der Waals surface area contributed by atoms with E-state index < -0.39 is 0 Å². The van der Waals surface area contributed by atoms with E-state index in [1.807, 2.05) is 6.07 Å². The van der Waals surface area contributed by atoms with Crippen LogP contribution >= 0.6 is 0 Å². The van der Waals surface area contributed by atoms with Crippen molar-refractivity contribution in [2.24, 2.45) is 11.8 Å². The second-order valence-corrected chi connectivity index (χ2v) is 4.82. The topological polar surface area (TPSA) is 23.8 Å². The third-order valence-corrected chi connectivity index (χ3v) is 3.68. The van der Waals surface area contributed by atoms with E-state index in [4.69, 9.17) is 0 Å². The predicted molar refractivity (Wildman–Crippen MR) is 65.8 cm³/mol. The molecule has 1 heteroatoms. The summed E-state index contributed by atoms with van der Waals surface area (Å²) in [5.74, 6) is 0.863. The zero-order valence-electron chi connectivity index (χ0n) is 9.73. The van der Waals surface area contributed by atoms with Crippen LogP contribution in [-0.4, -0.2) is 0 Å². The van der Waals surface area contributed by atoms with Crippen LogP contribution < -0.4 is 0 Å². The molecule has 1 atom stereocenters. The van der Waals surface area contributed by atoms with Gasteiger partial charge in [0.05, 0.1) is 12.0 Å². The molecule has 0 radical (unpaired) electrons. The van der Waals surface area contributed by atoms with Crippen molar-refractivity contribution in [3.8, 4) is 6.07 Å². The molecule has 1 fully saturated rings. The molecule has 1 unspecified atom stereocenters. The van der Waals surface area contributed by atoms with E-state index in [1.165, 1.54) is 37.7 Å². The minimum atomic E-state index is 0.225. The molecule has 0 aliphatic heterocycles. The fourth-order valence-electron chi connectivity index (χ4n) is 2.72. The SMILES string of the molecule is N#CC(Cc1ccccc1)C1CCCCC1. The van der Waals surface area contributed by atoms with Crippen LogP contribution in [-0.2, 0) is 6.42 Å². The summed E-state index contributed by atoms with van der Waals surface area (Å²) in [7, 11) is 0. The molecule has 0 heterocycles. The molecule has 0 N–H and O–H groups in total. The lowest BCUT2D eigenvalue weighted by Gasteiger charge is -2.25. The second kappa shape index (κ2) is 5.70. The molecule has 16 heavy (non-hydrogen) atoms. The first-order valence-corrected chi connectivity index (χ1v) is 6.33. The molecule has 84 valence electrons. The summed E-state index contributed by atoms with van der Waals surface area (Å²) in [6.45, 7) is 0. The molecule has 1 aromatic carbocycles. The van der Waals surface area contributed by atoms with E-state index in [9.17, 15) is 5.26 Å². The molecule has 1 aliphatic carbocycles. The smallest absolute Gasteiger partial charge is 0.0662 e. The van der Waals surface area contributed by atoms with Crippen molar-refractivity contribution in [2.75, 3.05) is 0 Å². The van der Waals surface area contributed by atoms with Crippen molar-refractivity contribution < 1.29 is 0 Å². The molecular weight excluding hydrogens is 194 g/mol. The van der Waals surface area contributed by atoms with Crippen LogP contribution in [0.25, 0.3) is 0 Å². The Hall–Kier alpha value is -1.29. The van der Waals surface area contributed by atoms with Gasteiger partial charge in [0, 0.05) is 0 Å². The Kier molecular flexibility index (Phi) is 3.99. The molecule has 0 saturated heterocycles. The first-order valence-electron chi connectivity index (χ1n) is 6.33. The Balaban J connectivity index is 1.98. The first kappa shape index (κ1) is 11.2. The number of hydrogen-bond acceptors (Lipinski definition) is 1. The minimum absolute atomic E-state index is 0.225. The Morgan fingerprint density at radius 3 is 2.44 bits per heavy atom.